The summed E-state index contributed by atoms with van der Waals surface area (Å²) in [6, 6.07) is 1.53. The van der Waals surface area contributed by atoms with Gasteiger partial charge in [-0.2, -0.15) is 22.7 Å². The van der Waals surface area contributed by atoms with Crippen LogP contribution in [0.1, 0.15) is 18.4 Å². The number of alkyl halides is 3. The number of morpholine rings is 1. The van der Waals surface area contributed by atoms with Crippen molar-refractivity contribution in [2.45, 2.75) is 32.2 Å². The van der Waals surface area contributed by atoms with Crippen molar-refractivity contribution < 1.29 is 17.9 Å². The highest BCUT2D eigenvalue weighted by atomic mass is 19.4. The molecule has 0 aromatic carbocycles. The number of halogens is 3. The second kappa shape index (κ2) is 6.17. The Morgan fingerprint density at radius 2 is 2.12 bits per heavy atom. The van der Waals surface area contributed by atoms with Gasteiger partial charge in [0, 0.05) is 24.8 Å². The van der Waals surface area contributed by atoms with Crippen LogP contribution in [0.15, 0.2) is 6.07 Å². The van der Waals surface area contributed by atoms with Crippen LogP contribution in [-0.4, -0.2) is 63.4 Å². The van der Waals surface area contributed by atoms with Gasteiger partial charge >= 0.3 is 6.18 Å². The average molecular weight is 344 g/mol. The largest absolute Gasteiger partial charge is 0.453 e. The summed E-state index contributed by atoms with van der Waals surface area (Å²) in [4.78, 5) is 9.64. The first kappa shape index (κ1) is 16.9. The van der Waals surface area contributed by atoms with Crippen LogP contribution in [0.25, 0.3) is 5.78 Å². The minimum Gasteiger partial charge on any atom is -0.373 e. The van der Waals surface area contributed by atoms with Crippen LogP contribution in [0.5, 0.6) is 0 Å². The first-order valence-corrected chi connectivity index (χ1v) is 7.62. The molecule has 0 aliphatic carbocycles. The zero-order valence-electron chi connectivity index (χ0n) is 13.6. The van der Waals surface area contributed by atoms with Crippen LogP contribution in [0, 0.1) is 6.92 Å². The molecule has 0 saturated carbocycles. The van der Waals surface area contributed by atoms with Crippen molar-refractivity contribution in [2.75, 3.05) is 32.1 Å². The van der Waals surface area contributed by atoms with Crippen molar-refractivity contribution in [3.05, 3.63) is 17.6 Å². The molecule has 2 aromatic heterocycles. The zero-order chi connectivity index (χ0) is 17.5. The summed E-state index contributed by atoms with van der Waals surface area (Å²) in [7, 11) is 2.00. The monoisotopic (exact) mass is 344 g/mol. The van der Waals surface area contributed by atoms with Crippen LogP contribution in [0.4, 0.5) is 19.0 Å². The fourth-order valence-corrected chi connectivity index (χ4v) is 2.65. The first-order chi connectivity index (χ1) is 11.2. The van der Waals surface area contributed by atoms with Gasteiger partial charge in [0.1, 0.15) is 5.82 Å². The molecule has 1 saturated heterocycles. The van der Waals surface area contributed by atoms with Gasteiger partial charge in [-0.3, -0.25) is 0 Å². The molecule has 2 atom stereocenters. The van der Waals surface area contributed by atoms with E-state index in [0.29, 0.717) is 18.1 Å². The third-order valence-corrected chi connectivity index (χ3v) is 3.92. The summed E-state index contributed by atoms with van der Waals surface area (Å²) in [6.45, 7) is 5.85. The number of aromatic nitrogens is 4. The van der Waals surface area contributed by atoms with E-state index in [1.54, 1.807) is 13.0 Å². The second-order valence-corrected chi connectivity index (χ2v) is 6.03. The quantitative estimate of drug-likeness (QED) is 0.912. The van der Waals surface area contributed by atoms with Crippen LogP contribution >= 0.6 is 0 Å². The van der Waals surface area contributed by atoms with E-state index in [4.69, 9.17) is 4.74 Å². The SMILES string of the molecule is Cc1cc(NC(C)C2CN(C)CCO2)n2nc(C(F)(F)F)nc2n1. The summed E-state index contributed by atoms with van der Waals surface area (Å²) in [5.74, 6) is -0.881. The molecule has 1 N–H and O–H groups in total. The Balaban J connectivity index is 1.89. The van der Waals surface area contributed by atoms with Gasteiger partial charge in [0.15, 0.2) is 0 Å². The number of rotatable bonds is 3. The molecule has 3 rings (SSSR count). The fourth-order valence-electron chi connectivity index (χ4n) is 2.65. The van der Waals surface area contributed by atoms with E-state index < -0.39 is 12.0 Å². The summed E-state index contributed by atoms with van der Waals surface area (Å²) in [5, 5.41) is 6.72. The van der Waals surface area contributed by atoms with Gasteiger partial charge in [-0.25, -0.2) is 4.98 Å². The number of nitrogens with zero attached hydrogens (tertiary/aromatic N) is 5. The van der Waals surface area contributed by atoms with Gasteiger partial charge in [-0.05, 0) is 20.9 Å². The molecule has 2 unspecified atom stereocenters. The Morgan fingerprint density at radius 3 is 2.79 bits per heavy atom. The standard InChI is InChI=1S/C14H19F3N6O/c1-8-6-11(19-9(2)10-7-22(3)4-5-24-10)23-13(18-8)20-12(21-23)14(15,16)17/h6,9-10,19H,4-5,7H2,1-3H3. The number of aryl methyl sites for hydroxylation is 1. The Hall–Kier alpha value is -1.94. The Labute approximate surface area is 136 Å². The molecule has 132 valence electrons. The molecule has 0 radical (unpaired) electrons. The molecular weight excluding hydrogens is 325 g/mol. The molecule has 1 aliphatic rings. The van der Waals surface area contributed by atoms with Crippen LogP contribution in [0.3, 0.4) is 0 Å². The molecule has 10 heteroatoms. The van der Waals surface area contributed by atoms with Crippen LogP contribution in [-0.2, 0) is 10.9 Å². The normalized spacial score (nSPS) is 21.2. The van der Waals surface area contributed by atoms with Crippen molar-refractivity contribution in [2.24, 2.45) is 0 Å². The third kappa shape index (κ3) is 3.44. The molecule has 7 nitrogen and oxygen atoms in total. The van der Waals surface area contributed by atoms with Gasteiger partial charge in [-0.15, -0.1) is 5.10 Å². The lowest BCUT2D eigenvalue weighted by atomic mass is 10.1. The molecule has 24 heavy (non-hydrogen) atoms. The molecule has 0 bridgehead atoms. The van der Waals surface area contributed by atoms with Crippen molar-refractivity contribution in [1.29, 1.82) is 0 Å². The molecule has 0 spiro atoms. The highest BCUT2D eigenvalue weighted by molar-refractivity contribution is 5.46. The molecule has 0 amide bonds. The lowest BCUT2D eigenvalue weighted by Gasteiger charge is -2.34. The molecule has 3 heterocycles. The average Bonchev–Trinajstić information content (AvgIpc) is 2.91. The number of hydrogen-bond acceptors (Lipinski definition) is 6. The summed E-state index contributed by atoms with van der Waals surface area (Å²) >= 11 is 0. The molecule has 2 aromatic rings. The van der Waals surface area contributed by atoms with E-state index in [1.807, 2.05) is 14.0 Å². The van der Waals surface area contributed by atoms with Gasteiger partial charge in [0.2, 0.25) is 0 Å². The van der Waals surface area contributed by atoms with E-state index in [2.05, 4.69) is 25.3 Å². The Morgan fingerprint density at radius 1 is 1.38 bits per heavy atom. The second-order valence-electron chi connectivity index (χ2n) is 6.03. The van der Waals surface area contributed by atoms with Crippen molar-refractivity contribution >= 4 is 11.6 Å². The lowest BCUT2D eigenvalue weighted by Crippen LogP contribution is -2.47. The number of anilines is 1. The summed E-state index contributed by atoms with van der Waals surface area (Å²) < 4.78 is 45.3. The van der Waals surface area contributed by atoms with Gasteiger partial charge in [0.05, 0.1) is 18.8 Å². The molecular formula is C14H19F3N6O. The molecule has 1 fully saturated rings. The van der Waals surface area contributed by atoms with Crippen molar-refractivity contribution in [1.82, 2.24) is 24.5 Å². The minimum atomic E-state index is -4.61. The number of hydrogen-bond donors (Lipinski definition) is 1. The lowest BCUT2D eigenvalue weighted by molar-refractivity contribution is -0.144. The van der Waals surface area contributed by atoms with E-state index in [-0.39, 0.29) is 17.9 Å². The summed E-state index contributed by atoms with van der Waals surface area (Å²) in [6.07, 6.45) is -4.68. The number of likely N-dealkylation sites (N-methyl/N-ethyl adjacent to an activating group) is 1. The predicted octanol–water partition coefficient (Wildman–Crippen LogP) is 1.58. The van der Waals surface area contributed by atoms with Gasteiger partial charge < -0.3 is 15.0 Å². The van der Waals surface area contributed by atoms with E-state index >= 15 is 0 Å². The minimum absolute atomic E-state index is 0.0714. The summed E-state index contributed by atoms with van der Waals surface area (Å²) in [5.41, 5.74) is 0.556. The Bertz CT molecular complexity index is 731. The van der Waals surface area contributed by atoms with E-state index in [1.165, 1.54) is 0 Å². The van der Waals surface area contributed by atoms with E-state index in [0.717, 1.165) is 17.6 Å². The first-order valence-electron chi connectivity index (χ1n) is 7.62. The highest BCUT2D eigenvalue weighted by Crippen LogP contribution is 2.27. The van der Waals surface area contributed by atoms with Gasteiger partial charge in [0.25, 0.3) is 11.6 Å². The fraction of sp³-hybridized carbons (Fsp3) is 0.643. The maximum atomic E-state index is 12.8. The smallest absolute Gasteiger partial charge is 0.373 e. The zero-order valence-corrected chi connectivity index (χ0v) is 13.6. The maximum Gasteiger partial charge on any atom is 0.453 e. The Kier molecular flexibility index (Phi) is 4.35. The molecule has 1 aliphatic heterocycles. The number of nitrogens with one attached hydrogen (secondary N) is 1. The maximum absolute atomic E-state index is 12.8. The van der Waals surface area contributed by atoms with Crippen LogP contribution in [0.2, 0.25) is 0 Å². The number of ether oxygens (including phenoxy) is 1. The predicted molar refractivity (Wildman–Crippen MR) is 80.8 cm³/mol. The van der Waals surface area contributed by atoms with E-state index in [9.17, 15) is 13.2 Å². The third-order valence-electron chi connectivity index (χ3n) is 3.92. The van der Waals surface area contributed by atoms with Gasteiger partial charge in [-0.1, -0.05) is 0 Å². The van der Waals surface area contributed by atoms with Crippen molar-refractivity contribution in [3.8, 4) is 0 Å². The van der Waals surface area contributed by atoms with Crippen LogP contribution < -0.4 is 5.32 Å². The van der Waals surface area contributed by atoms with Crippen molar-refractivity contribution in [3.63, 3.8) is 0 Å². The highest BCUT2D eigenvalue weighted by Gasteiger charge is 2.37. The number of fused-ring (bicyclic) bond motifs is 1. The topological polar surface area (TPSA) is 67.6 Å².